The van der Waals surface area contributed by atoms with Crippen molar-refractivity contribution in [2.24, 2.45) is 11.8 Å². The van der Waals surface area contributed by atoms with Crippen molar-refractivity contribution in [1.82, 2.24) is 10.2 Å². The summed E-state index contributed by atoms with van der Waals surface area (Å²) >= 11 is 0. The largest absolute Gasteiger partial charge is 0.374 e. The fourth-order valence-electron chi connectivity index (χ4n) is 3.62. The van der Waals surface area contributed by atoms with Gasteiger partial charge in [0.05, 0.1) is 18.1 Å². The van der Waals surface area contributed by atoms with Gasteiger partial charge in [-0.2, -0.15) is 0 Å². The molecule has 4 nitrogen and oxygen atoms in total. The van der Waals surface area contributed by atoms with Crippen LogP contribution in [0, 0.1) is 11.8 Å². The molecule has 0 aromatic heterocycles. The minimum Gasteiger partial charge on any atom is -0.374 e. The first kappa shape index (κ1) is 14.8. The molecule has 2 aliphatic rings. The van der Waals surface area contributed by atoms with Crippen LogP contribution in [0.15, 0.2) is 0 Å². The zero-order valence-electron chi connectivity index (χ0n) is 12.7. The van der Waals surface area contributed by atoms with E-state index in [9.17, 15) is 4.79 Å². The molecule has 5 atom stereocenters. The lowest BCUT2D eigenvalue weighted by Gasteiger charge is -2.38. The highest BCUT2D eigenvalue weighted by molar-refractivity contribution is 5.80. The van der Waals surface area contributed by atoms with Gasteiger partial charge in [-0.3, -0.25) is 4.79 Å². The Morgan fingerprint density at radius 1 is 1.26 bits per heavy atom. The molecule has 2 rings (SSSR count). The van der Waals surface area contributed by atoms with Gasteiger partial charge in [0, 0.05) is 19.1 Å². The summed E-state index contributed by atoms with van der Waals surface area (Å²) in [5.41, 5.74) is 0. The molecule has 2 aliphatic heterocycles. The Hall–Kier alpha value is -0.610. The van der Waals surface area contributed by atoms with E-state index in [1.165, 1.54) is 6.42 Å². The summed E-state index contributed by atoms with van der Waals surface area (Å²) in [6.07, 6.45) is 3.74. The molecule has 19 heavy (non-hydrogen) atoms. The van der Waals surface area contributed by atoms with E-state index in [0.717, 1.165) is 25.9 Å². The van der Waals surface area contributed by atoms with Crippen molar-refractivity contribution in [3.8, 4) is 0 Å². The number of hydrogen-bond donors (Lipinski definition) is 1. The standard InChI is InChI=1S/C15H28N2O2/c1-10-11(2)19-12(3)14(10)15(18)17-8-6-5-7-13(17)9-16-4/h10-14,16H,5-9H2,1-4H3. The van der Waals surface area contributed by atoms with Crippen LogP contribution in [0.25, 0.3) is 0 Å². The molecule has 0 spiro atoms. The maximum Gasteiger partial charge on any atom is 0.228 e. The molecule has 5 unspecified atom stereocenters. The summed E-state index contributed by atoms with van der Waals surface area (Å²) in [5.74, 6) is 0.663. The van der Waals surface area contributed by atoms with Gasteiger partial charge in [-0.05, 0) is 46.1 Å². The number of likely N-dealkylation sites (N-methyl/N-ethyl adjacent to an activating group) is 1. The van der Waals surface area contributed by atoms with Crippen LogP contribution in [0.1, 0.15) is 40.0 Å². The molecule has 110 valence electrons. The Morgan fingerprint density at radius 2 is 2.00 bits per heavy atom. The maximum atomic E-state index is 12.9. The van der Waals surface area contributed by atoms with Crippen LogP contribution in [0.5, 0.6) is 0 Å². The quantitative estimate of drug-likeness (QED) is 0.846. The van der Waals surface area contributed by atoms with E-state index in [0.29, 0.717) is 17.9 Å². The lowest BCUT2D eigenvalue weighted by atomic mass is 9.87. The van der Waals surface area contributed by atoms with Gasteiger partial charge in [0.1, 0.15) is 0 Å². The minimum atomic E-state index is 0.0347. The summed E-state index contributed by atoms with van der Waals surface area (Å²) in [6, 6.07) is 0.363. The molecular weight excluding hydrogens is 240 g/mol. The Balaban J connectivity index is 2.08. The number of nitrogens with one attached hydrogen (secondary N) is 1. The summed E-state index contributed by atoms with van der Waals surface area (Å²) in [7, 11) is 1.96. The lowest BCUT2D eigenvalue weighted by Crippen LogP contribution is -2.51. The van der Waals surface area contributed by atoms with Crippen LogP contribution in [-0.2, 0) is 9.53 Å². The number of rotatable bonds is 3. The zero-order chi connectivity index (χ0) is 14.0. The number of hydrogen-bond acceptors (Lipinski definition) is 3. The van der Waals surface area contributed by atoms with Crippen LogP contribution >= 0.6 is 0 Å². The number of carbonyl (C=O) groups is 1. The summed E-state index contributed by atoms with van der Waals surface area (Å²) < 4.78 is 5.83. The van der Waals surface area contributed by atoms with E-state index < -0.39 is 0 Å². The van der Waals surface area contributed by atoms with Crippen LogP contribution in [0.2, 0.25) is 0 Å². The second-order valence-corrected chi connectivity index (χ2v) is 6.17. The van der Waals surface area contributed by atoms with Crippen molar-refractivity contribution in [2.45, 2.75) is 58.3 Å². The van der Waals surface area contributed by atoms with E-state index in [2.05, 4.69) is 24.1 Å². The average Bonchev–Trinajstić information content (AvgIpc) is 2.64. The Labute approximate surface area is 116 Å². The number of likely N-dealkylation sites (tertiary alicyclic amines) is 1. The van der Waals surface area contributed by atoms with Gasteiger partial charge in [-0.1, -0.05) is 6.92 Å². The Bertz CT molecular complexity index is 319. The number of carbonyl (C=O) groups excluding carboxylic acids is 1. The molecule has 0 bridgehead atoms. The average molecular weight is 268 g/mol. The van der Waals surface area contributed by atoms with Gasteiger partial charge in [0.25, 0.3) is 0 Å². The molecule has 1 N–H and O–H groups in total. The minimum absolute atomic E-state index is 0.0347. The first-order valence-corrected chi connectivity index (χ1v) is 7.66. The summed E-state index contributed by atoms with van der Waals surface area (Å²) in [4.78, 5) is 15.0. The van der Waals surface area contributed by atoms with E-state index in [-0.39, 0.29) is 18.1 Å². The van der Waals surface area contributed by atoms with Crippen LogP contribution in [-0.4, -0.2) is 49.2 Å². The third-order valence-electron chi connectivity index (χ3n) is 4.88. The number of ether oxygens (including phenoxy) is 1. The van der Waals surface area contributed by atoms with Crippen molar-refractivity contribution in [3.63, 3.8) is 0 Å². The van der Waals surface area contributed by atoms with Crippen LogP contribution in [0.3, 0.4) is 0 Å². The number of piperidine rings is 1. The third kappa shape index (κ3) is 2.95. The number of amides is 1. The first-order valence-electron chi connectivity index (χ1n) is 7.66. The molecule has 2 heterocycles. The van der Waals surface area contributed by atoms with Crippen LogP contribution in [0.4, 0.5) is 0 Å². The molecule has 1 amide bonds. The molecule has 2 saturated heterocycles. The van der Waals surface area contributed by atoms with E-state index >= 15 is 0 Å². The fourth-order valence-corrected chi connectivity index (χ4v) is 3.62. The highest BCUT2D eigenvalue weighted by Gasteiger charge is 2.44. The van der Waals surface area contributed by atoms with Gasteiger partial charge in [-0.25, -0.2) is 0 Å². The SMILES string of the molecule is CNCC1CCCCN1C(=O)C1C(C)OC(C)C1C. The normalized spacial score (nSPS) is 39.6. The highest BCUT2D eigenvalue weighted by Crippen LogP contribution is 2.34. The molecule has 0 aliphatic carbocycles. The predicted molar refractivity (Wildman–Crippen MR) is 75.9 cm³/mol. The lowest BCUT2D eigenvalue weighted by molar-refractivity contribution is -0.141. The van der Waals surface area contributed by atoms with Crippen molar-refractivity contribution in [3.05, 3.63) is 0 Å². The maximum absolute atomic E-state index is 12.9. The van der Waals surface area contributed by atoms with Gasteiger partial charge >= 0.3 is 0 Å². The monoisotopic (exact) mass is 268 g/mol. The highest BCUT2D eigenvalue weighted by atomic mass is 16.5. The zero-order valence-corrected chi connectivity index (χ0v) is 12.7. The molecule has 4 heteroatoms. The first-order chi connectivity index (χ1) is 9.06. The van der Waals surface area contributed by atoms with Crippen molar-refractivity contribution in [2.75, 3.05) is 20.1 Å². The summed E-state index contributed by atoms with van der Waals surface area (Å²) in [5, 5.41) is 3.22. The van der Waals surface area contributed by atoms with Gasteiger partial charge in [0.2, 0.25) is 5.91 Å². The second-order valence-electron chi connectivity index (χ2n) is 6.17. The van der Waals surface area contributed by atoms with E-state index in [4.69, 9.17) is 4.74 Å². The van der Waals surface area contributed by atoms with Crippen molar-refractivity contribution in [1.29, 1.82) is 0 Å². The van der Waals surface area contributed by atoms with Crippen LogP contribution < -0.4 is 5.32 Å². The topological polar surface area (TPSA) is 41.6 Å². The van der Waals surface area contributed by atoms with Gasteiger partial charge in [0.15, 0.2) is 0 Å². The smallest absolute Gasteiger partial charge is 0.228 e. The molecule has 0 radical (unpaired) electrons. The Kier molecular flexibility index (Phi) is 4.85. The van der Waals surface area contributed by atoms with Crippen molar-refractivity contribution >= 4 is 5.91 Å². The predicted octanol–water partition coefficient (Wildman–Crippen LogP) is 1.65. The Morgan fingerprint density at radius 3 is 2.58 bits per heavy atom. The number of nitrogens with zero attached hydrogens (tertiary/aromatic N) is 1. The van der Waals surface area contributed by atoms with Gasteiger partial charge < -0.3 is 15.0 Å². The molecule has 0 aromatic rings. The molecule has 2 fully saturated rings. The molecule has 0 aromatic carbocycles. The van der Waals surface area contributed by atoms with Crippen molar-refractivity contribution < 1.29 is 9.53 Å². The van der Waals surface area contributed by atoms with Gasteiger partial charge in [-0.15, -0.1) is 0 Å². The molecule has 0 saturated carbocycles. The van der Waals surface area contributed by atoms with E-state index in [1.807, 2.05) is 14.0 Å². The molecular formula is C15H28N2O2. The second kappa shape index (κ2) is 6.23. The fraction of sp³-hybridized carbons (Fsp3) is 0.933. The van der Waals surface area contributed by atoms with E-state index in [1.54, 1.807) is 0 Å². The third-order valence-corrected chi connectivity index (χ3v) is 4.88. The summed E-state index contributed by atoms with van der Waals surface area (Å²) in [6.45, 7) is 8.08.